The van der Waals surface area contributed by atoms with Crippen LogP contribution in [0.15, 0.2) is 36.5 Å². The van der Waals surface area contributed by atoms with Gasteiger partial charge in [-0.05, 0) is 56.2 Å². The van der Waals surface area contributed by atoms with E-state index in [0.29, 0.717) is 18.3 Å². The van der Waals surface area contributed by atoms with Gasteiger partial charge in [-0.25, -0.2) is 4.68 Å². The fourth-order valence-corrected chi connectivity index (χ4v) is 3.54. The molecule has 0 atom stereocenters. The van der Waals surface area contributed by atoms with Crippen LogP contribution in [0.3, 0.4) is 0 Å². The minimum atomic E-state index is -0.133. The molecule has 2 aromatic rings. The molecule has 3 rings (SSSR count). The molecule has 7 heteroatoms. The van der Waals surface area contributed by atoms with E-state index < -0.39 is 0 Å². The number of carbonyl (C=O) groups excluding carboxylic acids is 1. The Bertz CT molecular complexity index is 725. The standard InChI is InChI=1S/C21H31N5O.ClH/c1-21(2,12-6-9-17-7-4-3-5-8-17)16-23-20(27)19-15-26(25-24-19)18-10-13-22-14-11-18;/h3-5,7-8,15,18,22H,6,9-14,16H2,1-2H3,(H,23,27);1H. The van der Waals surface area contributed by atoms with Crippen LogP contribution in [-0.4, -0.2) is 40.5 Å². The smallest absolute Gasteiger partial charge is 0.273 e. The first-order chi connectivity index (χ1) is 13.0. The molecule has 0 saturated carbocycles. The second kappa shape index (κ2) is 10.6. The number of amides is 1. The fraction of sp³-hybridized carbons (Fsp3) is 0.571. The summed E-state index contributed by atoms with van der Waals surface area (Å²) in [5.74, 6) is -0.133. The normalized spacial score (nSPS) is 15.1. The molecule has 1 aliphatic heterocycles. The summed E-state index contributed by atoms with van der Waals surface area (Å²) in [6.45, 7) is 7.02. The van der Waals surface area contributed by atoms with Gasteiger partial charge in [-0.1, -0.05) is 49.4 Å². The summed E-state index contributed by atoms with van der Waals surface area (Å²) in [6, 6.07) is 10.9. The van der Waals surface area contributed by atoms with E-state index in [-0.39, 0.29) is 23.7 Å². The highest BCUT2D eigenvalue weighted by Gasteiger charge is 2.22. The van der Waals surface area contributed by atoms with E-state index >= 15 is 0 Å². The topological polar surface area (TPSA) is 71.8 Å². The van der Waals surface area contributed by atoms with Crippen molar-refractivity contribution in [1.29, 1.82) is 0 Å². The zero-order valence-corrected chi connectivity index (χ0v) is 17.7. The molecule has 6 nitrogen and oxygen atoms in total. The maximum atomic E-state index is 12.4. The Hall–Kier alpha value is -1.92. The molecule has 0 unspecified atom stereocenters. The van der Waals surface area contributed by atoms with Crippen LogP contribution in [0.4, 0.5) is 0 Å². The van der Waals surface area contributed by atoms with Gasteiger partial charge in [0.15, 0.2) is 5.69 Å². The van der Waals surface area contributed by atoms with Gasteiger partial charge < -0.3 is 10.6 Å². The number of nitrogens with zero attached hydrogens (tertiary/aromatic N) is 3. The molecule has 2 N–H and O–H groups in total. The van der Waals surface area contributed by atoms with E-state index in [0.717, 1.165) is 45.2 Å². The van der Waals surface area contributed by atoms with Crippen LogP contribution in [0.1, 0.15) is 61.6 Å². The van der Waals surface area contributed by atoms with Crippen LogP contribution in [0.2, 0.25) is 0 Å². The van der Waals surface area contributed by atoms with Gasteiger partial charge in [0.2, 0.25) is 0 Å². The lowest BCUT2D eigenvalue weighted by Gasteiger charge is -2.24. The number of benzene rings is 1. The molecular weight excluding hydrogens is 374 g/mol. The summed E-state index contributed by atoms with van der Waals surface area (Å²) < 4.78 is 1.85. The van der Waals surface area contributed by atoms with Crippen molar-refractivity contribution in [2.75, 3.05) is 19.6 Å². The summed E-state index contributed by atoms with van der Waals surface area (Å²) in [7, 11) is 0. The summed E-state index contributed by atoms with van der Waals surface area (Å²) >= 11 is 0. The zero-order valence-electron chi connectivity index (χ0n) is 16.9. The van der Waals surface area contributed by atoms with Crippen LogP contribution in [0, 0.1) is 5.41 Å². The molecule has 1 aliphatic rings. The van der Waals surface area contributed by atoms with Crippen molar-refractivity contribution in [3.05, 3.63) is 47.8 Å². The number of aromatic nitrogens is 3. The van der Waals surface area contributed by atoms with E-state index in [2.05, 4.69) is 59.1 Å². The molecule has 0 bridgehead atoms. The zero-order chi connectivity index (χ0) is 19.1. The number of hydrogen-bond donors (Lipinski definition) is 2. The molecule has 1 saturated heterocycles. The Morgan fingerprint density at radius 3 is 2.68 bits per heavy atom. The van der Waals surface area contributed by atoms with Gasteiger partial charge in [0.1, 0.15) is 0 Å². The molecule has 1 aromatic carbocycles. The van der Waals surface area contributed by atoms with E-state index in [9.17, 15) is 4.79 Å². The van der Waals surface area contributed by atoms with Crippen LogP contribution in [0.5, 0.6) is 0 Å². The fourth-order valence-electron chi connectivity index (χ4n) is 3.54. The van der Waals surface area contributed by atoms with E-state index in [4.69, 9.17) is 0 Å². The van der Waals surface area contributed by atoms with E-state index in [1.54, 1.807) is 6.20 Å². The molecule has 154 valence electrons. The predicted octanol–water partition coefficient (Wildman–Crippen LogP) is 3.40. The Morgan fingerprint density at radius 1 is 1.25 bits per heavy atom. The van der Waals surface area contributed by atoms with Crippen molar-refractivity contribution < 1.29 is 4.79 Å². The van der Waals surface area contributed by atoms with Gasteiger partial charge >= 0.3 is 0 Å². The molecule has 0 aliphatic carbocycles. The molecule has 0 radical (unpaired) electrons. The van der Waals surface area contributed by atoms with Crippen molar-refractivity contribution in [1.82, 2.24) is 25.6 Å². The second-order valence-electron chi connectivity index (χ2n) is 8.25. The maximum absolute atomic E-state index is 12.4. The number of nitrogens with one attached hydrogen (secondary N) is 2. The summed E-state index contributed by atoms with van der Waals surface area (Å²) in [4.78, 5) is 12.4. The molecule has 1 aromatic heterocycles. The van der Waals surface area contributed by atoms with Crippen molar-refractivity contribution >= 4 is 18.3 Å². The first kappa shape index (κ1) is 22.4. The lowest BCUT2D eigenvalue weighted by atomic mass is 9.86. The predicted molar refractivity (Wildman–Crippen MR) is 114 cm³/mol. The number of hydrogen-bond acceptors (Lipinski definition) is 4. The van der Waals surface area contributed by atoms with Gasteiger partial charge in [-0.15, -0.1) is 17.5 Å². The number of piperidine rings is 1. The van der Waals surface area contributed by atoms with Gasteiger partial charge in [0, 0.05) is 6.54 Å². The average molecular weight is 406 g/mol. The molecule has 1 amide bonds. The first-order valence-corrected chi connectivity index (χ1v) is 9.98. The quantitative estimate of drug-likeness (QED) is 0.706. The van der Waals surface area contributed by atoms with E-state index in [1.807, 2.05) is 10.7 Å². The van der Waals surface area contributed by atoms with Crippen LogP contribution < -0.4 is 10.6 Å². The van der Waals surface area contributed by atoms with Crippen molar-refractivity contribution in [2.45, 2.75) is 52.0 Å². The Balaban J connectivity index is 0.00000280. The largest absolute Gasteiger partial charge is 0.350 e. The minimum Gasteiger partial charge on any atom is -0.350 e. The van der Waals surface area contributed by atoms with Gasteiger partial charge in [-0.3, -0.25) is 4.79 Å². The van der Waals surface area contributed by atoms with Crippen LogP contribution in [0.25, 0.3) is 0 Å². The highest BCUT2D eigenvalue weighted by atomic mass is 35.5. The summed E-state index contributed by atoms with van der Waals surface area (Å²) in [6.07, 6.45) is 7.08. The summed E-state index contributed by atoms with van der Waals surface area (Å²) in [5.41, 5.74) is 1.83. The molecule has 1 fully saturated rings. The highest BCUT2D eigenvalue weighted by molar-refractivity contribution is 5.91. The second-order valence-corrected chi connectivity index (χ2v) is 8.25. The maximum Gasteiger partial charge on any atom is 0.273 e. The minimum absolute atomic E-state index is 0. The highest BCUT2D eigenvalue weighted by Crippen LogP contribution is 2.23. The van der Waals surface area contributed by atoms with Crippen molar-refractivity contribution in [3.8, 4) is 0 Å². The summed E-state index contributed by atoms with van der Waals surface area (Å²) in [5, 5.41) is 14.6. The average Bonchev–Trinajstić information content (AvgIpc) is 3.18. The molecular formula is C21H32ClN5O. The SMILES string of the molecule is CC(C)(CCCc1ccccc1)CNC(=O)c1cn(C2CCNCC2)nn1.Cl. The van der Waals surface area contributed by atoms with Crippen molar-refractivity contribution in [2.24, 2.45) is 5.41 Å². The van der Waals surface area contributed by atoms with E-state index in [1.165, 1.54) is 5.56 Å². The number of halogens is 1. The third-order valence-electron chi connectivity index (χ3n) is 5.32. The Morgan fingerprint density at radius 2 is 1.96 bits per heavy atom. The Labute approximate surface area is 173 Å². The Kier molecular flexibility index (Phi) is 8.45. The third-order valence-corrected chi connectivity index (χ3v) is 5.32. The molecule has 0 spiro atoms. The third kappa shape index (κ3) is 6.60. The van der Waals surface area contributed by atoms with Gasteiger partial charge in [0.25, 0.3) is 5.91 Å². The monoisotopic (exact) mass is 405 g/mol. The number of carbonyl (C=O) groups is 1. The molecule has 2 heterocycles. The van der Waals surface area contributed by atoms with Crippen LogP contribution in [-0.2, 0) is 6.42 Å². The van der Waals surface area contributed by atoms with Crippen LogP contribution >= 0.6 is 12.4 Å². The number of aryl methyl sites for hydroxylation is 1. The van der Waals surface area contributed by atoms with Gasteiger partial charge in [0.05, 0.1) is 12.2 Å². The van der Waals surface area contributed by atoms with Crippen molar-refractivity contribution in [3.63, 3.8) is 0 Å². The lowest BCUT2D eigenvalue weighted by Crippen LogP contribution is -2.34. The molecule has 28 heavy (non-hydrogen) atoms. The van der Waals surface area contributed by atoms with Gasteiger partial charge in [-0.2, -0.15) is 0 Å². The number of rotatable bonds is 8. The first-order valence-electron chi connectivity index (χ1n) is 9.98. The lowest BCUT2D eigenvalue weighted by molar-refractivity contribution is 0.0929.